The van der Waals surface area contributed by atoms with Gasteiger partial charge in [-0.2, -0.15) is 10.2 Å². The highest BCUT2D eigenvalue weighted by Gasteiger charge is 2.21. The van der Waals surface area contributed by atoms with Crippen molar-refractivity contribution < 1.29 is 8.42 Å². The molecule has 160 valence electrons. The summed E-state index contributed by atoms with van der Waals surface area (Å²) in [5.41, 5.74) is 2.25. The van der Waals surface area contributed by atoms with Crippen LogP contribution in [0.3, 0.4) is 0 Å². The highest BCUT2D eigenvalue weighted by atomic mass is 32.2. The Morgan fingerprint density at radius 2 is 2.03 bits per heavy atom. The number of aromatic nitrogens is 5. The van der Waals surface area contributed by atoms with E-state index in [4.69, 9.17) is 0 Å². The average Bonchev–Trinajstić information content (AvgIpc) is 3.49. The number of benzene rings is 1. The van der Waals surface area contributed by atoms with Crippen molar-refractivity contribution in [1.29, 1.82) is 0 Å². The third-order valence-corrected chi connectivity index (χ3v) is 6.95. The summed E-state index contributed by atoms with van der Waals surface area (Å²) in [5, 5.41) is 9.30. The maximum absolute atomic E-state index is 13.0. The van der Waals surface area contributed by atoms with Crippen molar-refractivity contribution in [2.75, 3.05) is 22.7 Å². The molecule has 1 aromatic carbocycles. The summed E-state index contributed by atoms with van der Waals surface area (Å²) in [6, 6.07) is 9.30. The summed E-state index contributed by atoms with van der Waals surface area (Å²) in [6.45, 7) is 4.25. The molecule has 0 bridgehead atoms. The molecule has 1 atom stereocenters. The van der Waals surface area contributed by atoms with Crippen molar-refractivity contribution in [3.8, 4) is 5.82 Å². The van der Waals surface area contributed by atoms with E-state index in [1.54, 1.807) is 36.3 Å². The van der Waals surface area contributed by atoms with Gasteiger partial charge in [0, 0.05) is 43.5 Å². The molecule has 0 spiro atoms. The number of anilines is 2. The smallest absolute Gasteiger partial charge is 0.265 e. The second kappa shape index (κ2) is 7.38. The number of hydrogen-bond donors (Lipinski definition) is 1. The molecule has 1 N–H and O–H groups in total. The van der Waals surface area contributed by atoms with Crippen molar-refractivity contribution in [1.82, 2.24) is 24.5 Å². The first kappa shape index (κ1) is 19.6. The van der Waals surface area contributed by atoms with Crippen LogP contribution in [-0.2, 0) is 17.1 Å². The number of nitrogens with zero attached hydrogens (tertiary/aromatic N) is 6. The number of aryl methyl sites for hydroxylation is 1. The van der Waals surface area contributed by atoms with Crippen LogP contribution in [0.1, 0.15) is 13.3 Å². The highest BCUT2D eigenvalue weighted by Crippen LogP contribution is 2.26. The fourth-order valence-corrected chi connectivity index (χ4v) is 4.99. The van der Waals surface area contributed by atoms with Gasteiger partial charge in [-0.25, -0.2) is 18.1 Å². The molecule has 1 aliphatic rings. The first-order chi connectivity index (χ1) is 14.9. The molecule has 10 heteroatoms. The monoisotopic (exact) mass is 437 g/mol. The lowest BCUT2D eigenvalue weighted by Gasteiger charge is -2.18. The Morgan fingerprint density at radius 3 is 2.84 bits per heavy atom. The van der Waals surface area contributed by atoms with Crippen LogP contribution < -0.4 is 9.62 Å². The molecule has 9 nitrogen and oxygen atoms in total. The Labute approximate surface area is 180 Å². The van der Waals surface area contributed by atoms with E-state index in [1.165, 1.54) is 17.1 Å². The van der Waals surface area contributed by atoms with E-state index in [9.17, 15) is 8.42 Å². The van der Waals surface area contributed by atoms with Crippen LogP contribution in [0.4, 0.5) is 11.4 Å². The Kier molecular flexibility index (Phi) is 4.66. The summed E-state index contributed by atoms with van der Waals surface area (Å²) in [5.74, 6) is 1.24. The summed E-state index contributed by atoms with van der Waals surface area (Å²) in [6.07, 6.45) is 7.40. The van der Waals surface area contributed by atoms with Crippen LogP contribution >= 0.6 is 0 Å². The molecule has 1 unspecified atom stereocenters. The Balaban J connectivity index is 1.43. The third-order valence-electron chi connectivity index (χ3n) is 5.63. The van der Waals surface area contributed by atoms with E-state index in [2.05, 4.69) is 31.7 Å². The normalized spacial score (nSPS) is 16.8. The zero-order valence-corrected chi connectivity index (χ0v) is 18.1. The topological polar surface area (TPSA) is 97.9 Å². The van der Waals surface area contributed by atoms with E-state index in [1.807, 2.05) is 18.2 Å². The molecular formula is C21H23N7O2S. The predicted octanol–water partition coefficient (Wildman–Crippen LogP) is 2.80. The van der Waals surface area contributed by atoms with Gasteiger partial charge in [0.25, 0.3) is 10.0 Å². The number of pyridine rings is 1. The van der Waals surface area contributed by atoms with Gasteiger partial charge in [0.15, 0.2) is 5.82 Å². The van der Waals surface area contributed by atoms with Gasteiger partial charge in [0.2, 0.25) is 0 Å². The quantitative estimate of drug-likeness (QED) is 0.516. The Hall–Kier alpha value is -3.40. The van der Waals surface area contributed by atoms with E-state index in [-0.39, 0.29) is 4.90 Å². The van der Waals surface area contributed by atoms with Crippen LogP contribution in [0.15, 0.2) is 60.0 Å². The molecule has 3 aromatic heterocycles. The minimum atomic E-state index is -3.83. The average molecular weight is 438 g/mol. The minimum absolute atomic E-state index is 0.0636. The Morgan fingerprint density at radius 1 is 1.16 bits per heavy atom. The number of hydrogen-bond acceptors (Lipinski definition) is 6. The van der Waals surface area contributed by atoms with Crippen LogP contribution in [0, 0.1) is 5.92 Å². The SMILES string of the molecule is CC1CCN(c2ccnc(-n3cc(S(=O)(=O)Nc4cccc5cnn(C)c45)cn3)c2)C1. The standard InChI is InChI=1S/C21H23N7O2S/c1-15-7-9-27(13-15)17-6-8-22-20(10-17)28-14-18(12-24-28)31(29,30)25-19-5-3-4-16-11-23-26(2)21(16)19/h3-6,8,10-12,14-15,25H,7,9,13H2,1-2H3. The van der Waals surface area contributed by atoms with Crippen LogP contribution in [0.25, 0.3) is 16.7 Å². The lowest BCUT2D eigenvalue weighted by atomic mass is 10.2. The number of nitrogens with one attached hydrogen (secondary N) is 1. The molecule has 0 radical (unpaired) electrons. The van der Waals surface area contributed by atoms with E-state index in [0.29, 0.717) is 22.9 Å². The maximum atomic E-state index is 13.0. The van der Waals surface area contributed by atoms with Crippen molar-refractivity contribution >= 4 is 32.3 Å². The van der Waals surface area contributed by atoms with Gasteiger partial charge in [-0.3, -0.25) is 9.40 Å². The van der Waals surface area contributed by atoms with Gasteiger partial charge in [0.1, 0.15) is 4.90 Å². The van der Waals surface area contributed by atoms with Crippen molar-refractivity contribution in [3.05, 3.63) is 55.1 Å². The van der Waals surface area contributed by atoms with Crippen molar-refractivity contribution in [2.24, 2.45) is 13.0 Å². The predicted molar refractivity (Wildman–Crippen MR) is 119 cm³/mol. The number of para-hydroxylation sites is 1. The molecule has 4 aromatic rings. The van der Waals surface area contributed by atoms with E-state index < -0.39 is 10.0 Å². The summed E-state index contributed by atoms with van der Waals surface area (Å²) < 4.78 is 31.8. The van der Waals surface area contributed by atoms with Gasteiger partial charge in [-0.1, -0.05) is 19.1 Å². The van der Waals surface area contributed by atoms with Gasteiger partial charge in [-0.15, -0.1) is 0 Å². The van der Waals surface area contributed by atoms with Gasteiger partial charge in [-0.05, 0) is 24.5 Å². The number of rotatable bonds is 5. The van der Waals surface area contributed by atoms with Gasteiger partial charge in [0.05, 0.1) is 29.8 Å². The first-order valence-corrected chi connectivity index (χ1v) is 11.6. The van der Waals surface area contributed by atoms with E-state index >= 15 is 0 Å². The summed E-state index contributed by atoms with van der Waals surface area (Å²) in [4.78, 5) is 6.75. The fourth-order valence-electron chi connectivity index (χ4n) is 3.99. The van der Waals surface area contributed by atoms with Crippen molar-refractivity contribution in [3.63, 3.8) is 0 Å². The molecule has 1 saturated heterocycles. The number of sulfonamides is 1. The van der Waals surface area contributed by atoms with Gasteiger partial charge < -0.3 is 4.90 Å². The molecule has 0 saturated carbocycles. The molecule has 0 amide bonds. The first-order valence-electron chi connectivity index (χ1n) is 10.1. The van der Waals surface area contributed by atoms with Crippen LogP contribution in [0.5, 0.6) is 0 Å². The van der Waals surface area contributed by atoms with E-state index in [0.717, 1.165) is 30.6 Å². The summed E-state index contributed by atoms with van der Waals surface area (Å²) in [7, 11) is -2.06. The third kappa shape index (κ3) is 3.63. The minimum Gasteiger partial charge on any atom is -0.371 e. The molecule has 0 aliphatic carbocycles. The molecular weight excluding hydrogens is 414 g/mol. The zero-order chi connectivity index (χ0) is 21.6. The lowest BCUT2D eigenvalue weighted by Crippen LogP contribution is -2.19. The molecule has 31 heavy (non-hydrogen) atoms. The van der Waals surface area contributed by atoms with Crippen molar-refractivity contribution in [2.45, 2.75) is 18.2 Å². The van der Waals surface area contributed by atoms with Crippen LogP contribution in [-0.4, -0.2) is 46.1 Å². The van der Waals surface area contributed by atoms with Crippen LogP contribution in [0.2, 0.25) is 0 Å². The second-order valence-corrected chi connectivity index (χ2v) is 9.63. The highest BCUT2D eigenvalue weighted by molar-refractivity contribution is 7.92. The molecule has 4 heterocycles. The summed E-state index contributed by atoms with van der Waals surface area (Å²) >= 11 is 0. The fraction of sp³-hybridized carbons (Fsp3) is 0.286. The maximum Gasteiger partial charge on any atom is 0.265 e. The zero-order valence-electron chi connectivity index (χ0n) is 17.3. The van der Waals surface area contributed by atoms with Gasteiger partial charge >= 0.3 is 0 Å². The largest absolute Gasteiger partial charge is 0.371 e. The molecule has 1 fully saturated rings. The second-order valence-electron chi connectivity index (χ2n) is 7.95. The Bertz CT molecular complexity index is 1360. The molecule has 1 aliphatic heterocycles. The number of fused-ring (bicyclic) bond motifs is 1. The molecule has 5 rings (SSSR count). The lowest BCUT2D eigenvalue weighted by molar-refractivity contribution is 0.601.